The van der Waals surface area contributed by atoms with Gasteiger partial charge in [0.1, 0.15) is 0 Å². The number of rotatable bonds is 10. The number of carbonyl (C=O) groups excluding carboxylic acids is 1. The molecule has 1 aromatic heterocycles. The maximum atomic E-state index is 10.9. The number of esters is 1. The second kappa shape index (κ2) is 10.1. The Hall–Kier alpha value is -1.78. The monoisotopic (exact) mass is 280 g/mol. The summed E-state index contributed by atoms with van der Waals surface area (Å²) in [6.07, 6.45) is 6.04. The van der Waals surface area contributed by atoms with Crippen LogP contribution in [-0.4, -0.2) is 31.2 Å². The molecular weight excluding hydrogens is 256 g/mol. The summed E-state index contributed by atoms with van der Waals surface area (Å²) < 4.78 is 10.2. The van der Waals surface area contributed by atoms with Crippen LogP contribution in [0.25, 0.3) is 0 Å². The van der Waals surface area contributed by atoms with Gasteiger partial charge in [-0.2, -0.15) is 0 Å². The van der Waals surface area contributed by atoms with E-state index in [1.807, 2.05) is 12.1 Å². The molecule has 0 bridgehead atoms. The van der Waals surface area contributed by atoms with Crippen LogP contribution in [0.1, 0.15) is 39.0 Å². The third-order valence-corrected chi connectivity index (χ3v) is 2.81. The van der Waals surface area contributed by atoms with Gasteiger partial charge in [-0.3, -0.25) is 4.79 Å². The predicted molar refractivity (Wildman–Crippen MR) is 79.0 cm³/mol. The number of nitrogens with one attached hydrogen (secondary N) is 1. The van der Waals surface area contributed by atoms with Gasteiger partial charge in [-0.25, -0.2) is 4.98 Å². The Labute approximate surface area is 120 Å². The summed E-state index contributed by atoms with van der Waals surface area (Å²) in [6, 6.07) is 3.79. The van der Waals surface area contributed by atoms with E-state index in [1.165, 1.54) is 7.11 Å². The van der Waals surface area contributed by atoms with Crippen molar-refractivity contribution < 1.29 is 14.3 Å². The molecule has 0 aliphatic rings. The molecule has 0 atom stereocenters. The van der Waals surface area contributed by atoms with Gasteiger partial charge >= 0.3 is 5.97 Å². The second-order valence-electron chi connectivity index (χ2n) is 4.51. The minimum atomic E-state index is -0.141. The van der Waals surface area contributed by atoms with Gasteiger partial charge in [0.25, 0.3) is 0 Å². The van der Waals surface area contributed by atoms with Gasteiger partial charge in [-0.15, -0.1) is 0 Å². The summed E-state index contributed by atoms with van der Waals surface area (Å²) in [5.74, 6) is 1.44. The van der Waals surface area contributed by atoms with Crippen LogP contribution in [-0.2, 0) is 9.53 Å². The fourth-order valence-corrected chi connectivity index (χ4v) is 1.73. The van der Waals surface area contributed by atoms with E-state index < -0.39 is 0 Å². The molecule has 5 nitrogen and oxygen atoms in total. The smallest absolute Gasteiger partial charge is 0.305 e. The van der Waals surface area contributed by atoms with E-state index in [4.69, 9.17) is 4.74 Å². The highest BCUT2D eigenvalue weighted by atomic mass is 16.5. The third-order valence-electron chi connectivity index (χ3n) is 2.81. The fraction of sp³-hybridized carbons (Fsp3) is 0.600. The van der Waals surface area contributed by atoms with Crippen LogP contribution in [0.2, 0.25) is 0 Å². The fourth-order valence-electron chi connectivity index (χ4n) is 1.73. The predicted octanol–water partition coefficient (Wildman–Crippen LogP) is 3.02. The van der Waals surface area contributed by atoms with Crippen molar-refractivity contribution in [3.05, 3.63) is 18.3 Å². The normalized spacial score (nSPS) is 10.1. The van der Waals surface area contributed by atoms with E-state index in [1.54, 1.807) is 6.20 Å². The summed E-state index contributed by atoms with van der Waals surface area (Å²) in [7, 11) is 1.42. The van der Waals surface area contributed by atoms with Crippen LogP contribution >= 0.6 is 0 Å². The average molecular weight is 280 g/mol. The third kappa shape index (κ3) is 6.41. The maximum Gasteiger partial charge on any atom is 0.305 e. The first kappa shape index (κ1) is 16.3. The van der Waals surface area contributed by atoms with E-state index in [0.29, 0.717) is 13.0 Å². The average Bonchev–Trinajstić information content (AvgIpc) is 2.49. The van der Waals surface area contributed by atoms with E-state index in [2.05, 4.69) is 22.0 Å². The van der Waals surface area contributed by atoms with Crippen LogP contribution in [0.4, 0.5) is 5.82 Å². The molecule has 0 aromatic carbocycles. The topological polar surface area (TPSA) is 60.5 Å². The maximum absolute atomic E-state index is 10.9. The van der Waals surface area contributed by atoms with E-state index in [-0.39, 0.29) is 5.97 Å². The van der Waals surface area contributed by atoms with Crippen molar-refractivity contribution in [1.29, 1.82) is 0 Å². The molecule has 5 heteroatoms. The Morgan fingerprint density at radius 3 is 2.95 bits per heavy atom. The lowest BCUT2D eigenvalue weighted by Gasteiger charge is -2.11. The first-order valence-corrected chi connectivity index (χ1v) is 7.16. The van der Waals surface area contributed by atoms with E-state index in [0.717, 1.165) is 43.8 Å². The summed E-state index contributed by atoms with van der Waals surface area (Å²) in [6.45, 7) is 3.59. The molecule has 1 rings (SSSR count). The van der Waals surface area contributed by atoms with Crippen LogP contribution < -0.4 is 10.1 Å². The molecule has 1 aromatic rings. The molecule has 0 unspecified atom stereocenters. The summed E-state index contributed by atoms with van der Waals surface area (Å²) in [4.78, 5) is 15.2. The number of nitrogens with zero attached hydrogens (tertiary/aromatic N) is 1. The Morgan fingerprint density at radius 2 is 2.20 bits per heavy atom. The highest BCUT2D eigenvalue weighted by Crippen LogP contribution is 2.20. The van der Waals surface area contributed by atoms with Gasteiger partial charge in [0.15, 0.2) is 11.6 Å². The summed E-state index contributed by atoms with van der Waals surface area (Å²) in [5, 5.41) is 3.27. The molecule has 1 N–H and O–H groups in total. The molecule has 0 fully saturated rings. The Kier molecular flexibility index (Phi) is 8.19. The minimum absolute atomic E-state index is 0.141. The zero-order valence-corrected chi connectivity index (χ0v) is 12.4. The summed E-state index contributed by atoms with van der Waals surface area (Å²) >= 11 is 0. The van der Waals surface area contributed by atoms with E-state index in [9.17, 15) is 4.79 Å². The quantitative estimate of drug-likeness (QED) is 0.527. The van der Waals surface area contributed by atoms with Crippen molar-refractivity contribution in [2.45, 2.75) is 39.0 Å². The van der Waals surface area contributed by atoms with Crippen molar-refractivity contribution in [3.8, 4) is 5.75 Å². The van der Waals surface area contributed by atoms with Crippen LogP contribution in [0.5, 0.6) is 5.75 Å². The number of ether oxygens (including phenoxy) is 2. The molecule has 0 amide bonds. The van der Waals surface area contributed by atoms with Crippen molar-refractivity contribution in [3.63, 3.8) is 0 Å². The van der Waals surface area contributed by atoms with Crippen molar-refractivity contribution in [2.24, 2.45) is 0 Å². The first-order valence-electron chi connectivity index (χ1n) is 7.16. The Morgan fingerprint density at radius 1 is 1.35 bits per heavy atom. The minimum Gasteiger partial charge on any atom is -0.490 e. The summed E-state index contributed by atoms with van der Waals surface area (Å²) in [5.41, 5.74) is 0. The van der Waals surface area contributed by atoms with Gasteiger partial charge in [-0.05, 0) is 31.4 Å². The van der Waals surface area contributed by atoms with Crippen molar-refractivity contribution in [1.82, 2.24) is 4.98 Å². The molecule has 0 spiro atoms. The second-order valence-corrected chi connectivity index (χ2v) is 4.51. The van der Waals surface area contributed by atoms with Crippen molar-refractivity contribution >= 4 is 11.8 Å². The Bertz CT molecular complexity index is 396. The molecule has 112 valence electrons. The van der Waals surface area contributed by atoms with Crippen LogP contribution in [0.15, 0.2) is 18.3 Å². The number of pyridine rings is 1. The number of carbonyl (C=O) groups is 1. The van der Waals surface area contributed by atoms with Crippen molar-refractivity contribution in [2.75, 3.05) is 25.6 Å². The van der Waals surface area contributed by atoms with Gasteiger partial charge < -0.3 is 14.8 Å². The zero-order chi connectivity index (χ0) is 14.6. The Balaban J connectivity index is 2.22. The highest BCUT2D eigenvalue weighted by molar-refractivity contribution is 5.68. The van der Waals surface area contributed by atoms with E-state index >= 15 is 0 Å². The standard InChI is InChI=1S/C15H24N2O3/c1-3-12-20-13-8-7-11-17-15(13)16-10-6-4-5-9-14(18)19-2/h7-8,11H,3-6,9-10,12H2,1-2H3,(H,16,17). The first-order chi connectivity index (χ1) is 9.77. The van der Waals surface area contributed by atoms with Gasteiger partial charge in [0, 0.05) is 19.2 Å². The molecule has 0 aliphatic carbocycles. The SMILES string of the molecule is CCCOc1cccnc1NCCCCCC(=O)OC. The molecular formula is C15H24N2O3. The number of methoxy groups -OCH3 is 1. The number of anilines is 1. The molecule has 0 saturated carbocycles. The molecule has 0 radical (unpaired) electrons. The largest absolute Gasteiger partial charge is 0.490 e. The molecule has 0 saturated heterocycles. The molecule has 20 heavy (non-hydrogen) atoms. The van der Waals surface area contributed by atoms with Crippen LogP contribution in [0.3, 0.4) is 0 Å². The zero-order valence-electron chi connectivity index (χ0n) is 12.4. The lowest BCUT2D eigenvalue weighted by atomic mass is 10.2. The van der Waals surface area contributed by atoms with Crippen LogP contribution in [0, 0.1) is 0 Å². The number of hydrogen-bond donors (Lipinski definition) is 1. The lowest BCUT2D eigenvalue weighted by molar-refractivity contribution is -0.140. The van der Waals surface area contributed by atoms with Gasteiger partial charge in [-0.1, -0.05) is 13.3 Å². The lowest BCUT2D eigenvalue weighted by Crippen LogP contribution is -2.07. The van der Waals surface area contributed by atoms with Gasteiger partial charge in [0.05, 0.1) is 13.7 Å². The van der Waals surface area contributed by atoms with Gasteiger partial charge in [0.2, 0.25) is 0 Å². The number of hydrogen-bond acceptors (Lipinski definition) is 5. The molecule has 1 heterocycles. The number of aromatic nitrogens is 1. The molecule has 0 aliphatic heterocycles. The number of unbranched alkanes of at least 4 members (excludes halogenated alkanes) is 2. The highest BCUT2D eigenvalue weighted by Gasteiger charge is 2.03.